The Morgan fingerprint density at radius 2 is 1.84 bits per heavy atom. The molecule has 1 amide bonds. The molecule has 0 spiro atoms. The number of aryl methyl sites for hydroxylation is 1. The van der Waals surface area contributed by atoms with Crippen LogP contribution < -0.4 is 5.32 Å². The predicted molar refractivity (Wildman–Crippen MR) is 100 cm³/mol. The first-order valence-electron chi connectivity index (χ1n) is 8.54. The van der Waals surface area contributed by atoms with Crippen molar-refractivity contribution in [2.75, 3.05) is 20.6 Å². The van der Waals surface area contributed by atoms with Gasteiger partial charge in [0, 0.05) is 19.4 Å². The molecule has 0 unspecified atom stereocenters. The molecular weight excluding hydrogens is 312 g/mol. The van der Waals surface area contributed by atoms with E-state index < -0.39 is 0 Å². The highest BCUT2D eigenvalue weighted by molar-refractivity contribution is 5.77. The number of imidazole rings is 1. The highest BCUT2D eigenvalue weighted by Gasteiger charge is 2.15. The van der Waals surface area contributed by atoms with Crippen molar-refractivity contribution in [2.24, 2.45) is 0 Å². The highest BCUT2D eigenvalue weighted by atomic mass is 16.1. The van der Waals surface area contributed by atoms with Crippen molar-refractivity contribution in [3.05, 3.63) is 66.0 Å². The second kappa shape index (κ2) is 7.94. The number of rotatable bonds is 7. The van der Waals surface area contributed by atoms with Crippen LogP contribution in [0.4, 0.5) is 0 Å². The molecular formula is C20H24N4O. The van der Waals surface area contributed by atoms with Gasteiger partial charge in [0.25, 0.3) is 0 Å². The minimum absolute atomic E-state index is 0.0145. The van der Waals surface area contributed by atoms with Crippen molar-refractivity contribution in [3.8, 4) is 0 Å². The minimum atomic E-state index is -0.0145. The summed E-state index contributed by atoms with van der Waals surface area (Å²) in [4.78, 5) is 22.3. The molecule has 0 fully saturated rings. The number of fused-ring (bicyclic) bond motifs is 1. The Balaban J connectivity index is 1.61. The predicted octanol–water partition coefficient (Wildman–Crippen LogP) is 2.91. The van der Waals surface area contributed by atoms with Crippen LogP contribution in [0.3, 0.4) is 0 Å². The summed E-state index contributed by atoms with van der Waals surface area (Å²) in [5, 5.41) is 3.15. The Morgan fingerprint density at radius 1 is 1.12 bits per heavy atom. The van der Waals surface area contributed by atoms with E-state index in [-0.39, 0.29) is 11.9 Å². The Kier molecular flexibility index (Phi) is 5.46. The van der Waals surface area contributed by atoms with Crippen molar-refractivity contribution in [2.45, 2.75) is 18.9 Å². The zero-order valence-corrected chi connectivity index (χ0v) is 14.7. The molecule has 5 nitrogen and oxygen atoms in total. The van der Waals surface area contributed by atoms with E-state index >= 15 is 0 Å². The summed E-state index contributed by atoms with van der Waals surface area (Å²) >= 11 is 0. The number of aromatic nitrogens is 2. The molecule has 1 aromatic heterocycles. The number of carbonyl (C=O) groups excluding carboxylic acids is 1. The quantitative estimate of drug-likeness (QED) is 0.697. The summed E-state index contributed by atoms with van der Waals surface area (Å²) in [6, 6.07) is 18.0. The zero-order chi connectivity index (χ0) is 17.6. The Labute approximate surface area is 148 Å². The summed E-state index contributed by atoms with van der Waals surface area (Å²) in [6.07, 6.45) is 1.01. The molecule has 2 N–H and O–H groups in total. The number of para-hydroxylation sites is 2. The molecule has 5 heteroatoms. The molecule has 130 valence electrons. The fourth-order valence-electron chi connectivity index (χ4n) is 2.91. The first-order chi connectivity index (χ1) is 12.1. The molecule has 25 heavy (non-hydrogen) atoms. The maximum atomic E-state index is 12.4. The van der Waals surface area contributed by atoms with Gasteiger partial charge in [0.2, 0.25) is 5.91 Å². The van der Waals surface area contributed by atoms with Crippen LogP contribution >= 0.6 is 0 Å². The second-order valence-corrected chi connectivity index (χ2v) is 6.49. The second-order valence-electron chi connectivity index (χ2n) is 6.49. The van der Waals surface area contributed by atoms with Gasteiger partial charge < -0.3 is 15.2 Å². The smallest absolute Gasteiger partial charge is 0.220 e. The first kappa shape index (κ1) is 17.2. The molecule has 0 saturated carbocycles. The van der Waals surface area contributed by atoms with Crippen LogP contribution in [0.2, 0.25) is 0 Å². The maximum absolute atomic E-state index is 12.4. The van der Waals surface area contributed by atoms with Crippen LogP contribution in [0.5, 0.6) is 0 Å². The van der Waals surface area contributed by atoms with Crippen molar-refractivity contribution < 1.29 is 4.79 Å². The van der Waals surface area contributed by atoms with Gasteiger partial charge in [-0.25, -0.2) is 4.98 Å². The monoisotopic (exact) mass is 336 g/mol. The Morgan fingerprint density at radius 3 is 2.56 bits per heavy atom. The zero-order valence-electron chi connectivity index (χ0n) is 14.7. The number of likely N-dealkylation sites (N-methyl/N-ethyl adjacent to an activating group) is 1. The van der Waals surface area contributed by atoms with E-state index in [1.807, 2.05) is 68.7 Å². The van der Waals surface area contributed by atoms with Crippen LogP contribution in [-0.2, 0) is 11.2 Å². The third kappa shape index (κ3) is 4.67. The van der Waals surface area contributed by atoms with E-state index in [2.05, 4.69) is 20.2 Å². The van der Waals surface area contributed by atoms with E-state index in [0.29, 0.717) is 12.8 Å². The lowest BCUT2D eigenvalue weighted by Crippen LogP contribution is -2.35. The largest absolute Gasteiger partial charge is 0.348 e. The molecule has 0 aliphatic carbocycles. The third-order valence-electron chi connectivity index (χ3n) is 4.11. The van der Waals surface area contributed by atoms with Gasteiger partial charge in [-0.15, -0.1) is 0 Å². The van der Waals surface area contributed by atoms with Gasteiger partial charge in [0.1, 0.15) is 5.82 Å². The molecule has 1 heterocycles. The first-order valence-corrected chi connectivity index (χ1v) is 8.54. The average Bonchev–Trinajstić information content (AvgIpc) is 3.03. The maximum Gasteiger partial charge on any atom is 0.220 e. The lowest BCUT2D eigenvalue weighted by atomic mass is 10.1. The Bertz CT molecular complexity index is 793. The summed E-state index contributed by atoms with van der Waals surface area (Å²) in [7, 11) is 4.02. The van der Waals surface area contributed by atoms with Crippen molar-refractivity contribution in [1.82, 2.24) is 20.2 Å². The van der Waals surface area contributed by atoms with Crippen LogP contribution in [0.15, 0.2) is 54.6 Å². The molecule has 0 aliphatic rings. The van der Waals surface area contributed by atoms with Gasteiger partial charge in [0.15, 0.2) is 0 Å². The van der Waals surface area contributed by atoms with Crippen LogP contribution in [0, 0.1) is 0 Å². The standard InChI is InChI=1S/C20H24N4O/c1-24(2)14-18(15-8-4-3-5-9-15)23-20(25)13-12-19-21-16-10-6-7-11-17(16)22-19/h3-11,18H,12-14H2,1-2H3,(H,21,22)(H,23,25)/t18-/m1/s1. The van der Waals surface area contributed by atoms with E-state index in [1.54, 1.807) is 0 Å². The summed E-state index contributed by atoms with van der Waals surface area (Å²) < 4.78 is 0. The topological polar surface area (TPSA) is 61.0 Å². The molecule has 0 radical (unpaired) electrons. The van der Waals surface area contributed by atoms with E-state index in [1.165, 1.54) is 0 Å². The van der Waals surface area contributed by atoms with E-state index in [9.17, 15) is 4.79 Å². The number of hydrogen-bond acceptors (Lipinski definition) is 3. The Hall–Kier alpha value is -2.66. The molecule has 1 atom stereocenters. The third-order valence-corrected chi connectivity index (χ3v) is 4.11. The lowest BCUT2D eigenvalue weighted by Gasteiger charge is -2.22. The SMILES string of the molecule is CN(C)C[C@@H](NC(=O)CCc1nc2ccccc2[nH]1)c1ccccc1. The molecule has 2 aromatic carbocycles. The minimum Gasteiger partial charge on any atom is -0.348 e. The molecule has 0 aliphatic heterocycles. The number of benzene rings is 2. The fourth-order valence-corrected chi connectivity index (χ4v) is 2.91. The number of nitrogens with one attached hydrogen (secondary N) is 2. The molecule has 0 bridgehead atoms. The van der Waals surface area contributed by atoms with Gasteiger partial charge in [-0.2, -0.15) is 0 Å². The summed E-state index contributed by atoms with van der Waals surface area (Å²) in [6.45, 7) is 0.764. The van der Waals surface area contributed by atoms with E-state index in [4.69, 9.17) is 0 Å². The van der Waals surface area contributed by atoms with Crippen molar-refractivity contribution in [1.29, 1.82) is 0 Å². The van der Waals surface area contributed by atoms with Gasteiger partial charge in [-0.1, -0.05) is 42.5 Å². The number of aromatic amines is 1. The number of carbonyl (C=O) groups is 1. The number of hydrogen-bond donors (Lipinski definition) is 2. The molecule has 3 aromatic rings. The van der Waals surface area contributed by atoms with Gasteiger partial charge in [-0.3, -0.25) is 4.79 Å². The fraction of sp³-hybridized carbons (Fsp3) is 0.300. The average molecular weight is 336 g/mol. The molecule has 3 rings (SSSR count). The van der Waals surface area contributed by atoms with Crippen LogP contribution in [-0.4, -0.2) is 41.4 Å². The van der Waals surface area contributed by atoms with Crippen LogP contribution in [0.1, 0.15) is 23.9 Å². The highest BCUT2D eigenvalue weighted by Crippen LogP contribution is 2.15. The molecule has 0 saturated heterocycles. The summed E-state index contributed by atoms with van der Waals surface area (Å²) in [5.74, 6) is 0.886. The van der Waals surface area contributed by atoms with Crippen molar-refractivity contribution in [3.63, 3.8) is 0 Å². The normalized spacial score (nSPS) is 12.4. The van der Waals surface area contributed by atoms with Gasteiger partial charge in [0.05, 0.1) is 17.1 Å². The van der Waals surface area contributed by atoms with Crippen molar-refractivity contribution >= 4 is 16.9 Å². The number of nitrogens with zero attached hydrogens (tertiary/aromatic N) is 2. The van der Waals surface area contributed by atoms with Gasteiger partial charge in [-0.05, 0) is 31.8 Å². The van der Waals surface area contributed by atoms with Crippen LogP contribution in [0.25, 0.3) is 11.0 Å². The lowest BCUT2D eigenvalue weighted by molar-refractivity contribution is -0.121. The number of H-pyrrole nitrogens is 1. The summed E-state index contributed by atoms with van der Waals surface area (Å²) in [5.41, 5.74) is 3.06. The van der Waals surface area contributed by atoms with Gasteiger partial charge >= 0.3 is 0 Å². The van der Waals surface area contributed by atoms with E-state index in [0.717, 1.165) is 29.0 Å². The number of amides is 1.